The molecule has 0 spiro atoms. The summed E-state index contributed by atoms with van der Waals surface area (Å²) in [5.74, 6) is 0.822. The fourth-order valence-electron chi connectivity index (χ4n) is 1.33. The van der Waals surface area contributed by atoms with Crippen molar-refractivity contribution in [1.29, 1.82) is 0 Å². The van der Waals surface area contributed by atoms with Gasteiger partial charge < -0.3 is 4.43 Å². The number of benzene rings is 2. The predicted octanol–water partition coefficient (Wildman–Crippen LogP) is 3.59. The Labute approximate surface area is 113 Å². The van der Waals surface area contributed by atoms with E-state index in [1.54, 1.807) is 0 Å². The first-order valence-electron chi connectivity index (χ1n) is 4.86. The second-order valence-electron chi connectivity index (χ2n) is 3.30. The number of halogens is 2. The Hall–Kier alpha value is -0.523. The minimum atomic E-state index is -2.38. The first kappa shape index (κ1) is 11.9. The van der Waals surface area contributed by atoms with Crippen molar-refractivity contribution >= 4 is 43.2 Å². The molecule has 2 aromatic rings. The summed E-state index contributed by atoms with van der Waals surface area (Å²) in [6.07, 6.45) is 0. The molecule has 16 heavy (non-hydrogen) atoms. The molecule has 1 atom stereocenters. The summed E-state index contributed by atoms with van der Waals surface area (Å²) in [5.41, 5.74) is 0. The Bertz CT molecular complexity index is 447. The zero-order valence-electron chi connectivity index (χ0n) is 8.44. The minimum absolute atomic E-state index is 0.822. The average Bonchev–Trinajstić information content (AvgIpc) is 2.31. The Morgan fingerprint density at radius 1 is 0.875 bits per heavy atom. The molecule has 0 amide bonds. The fraction of sp³-hybridized carbons (Fsp3) is 0. The van der Waals surface area contributed by atoms with Gasteiger partial charge in [-0.25, -0.2) is 0 Å². The molecule has 2 aromatic carbocycles. The van der Waals surface area contributed by atoms with Gasteiger partial charge in [0.1, 0.15) is 5.75 Å². The van der Waals surface area contributed by atoms with Gasteiger partial charge in [0, 0.05) is 5.19 Å². The van der Waals surface area contributed by atoms with E-state index in [0.29, 0.717) is 0 Å². The monoisotopic (exact) mass is 360 g/mol. The summed E-state index contributed by atoms with van der Waals surface area (Å²) < 4.78 is 5.88. The highest BCUT2D eigenvalue weighted by molar-refractivity contribution is 14.1. The topological polar surface area (TPSA) is 9.23 Å². The SMILES string of the molecule is Cl[Si](I)(Oc1ccccc1)c1ccccc1. The van der Waals surface area contributed by atoms with E-state index in [0.717, 1.165) is 10.9 Å². The third kappa shape index (κ3) is 2.99. The molecule has 0 aliphatic rings. The van der Waals surface area contributed by atoms with Crippen molar-refractivity contribution in [2.24, 2.45) is 0 Å². The van der Waals surface area contributed by atoms with Crippen molar-refractivity contribution in [1.82, 2.24) is 0 Å². The van der Waals surface area contributed by atoms with Crippen LogP contribution in [0.2, 0.25) is 0 Å². The molecular formula is C12H10ClIOSi. The lowest BCUT2D eigenvalue weighted by atomic mass is 10.3. The zero-order valence-corrected chi connectivity index (χ0v) is 12.4. The van der Waals surface area contributed by atoms with Gasteiger partial charge >= 0.3 is 5.12 Å². The van der Waals surface area contributed by atoms with Crippen molar-refractivity contribution in [2.75, 3.05) is 0 Å². The number of para-hydroxylation sites is 1. The summed E-state index contributed by atoms with van der Waals surface area (Å²) >= 11 is 8.73. The van der Waals surface area contributed by atoms with Crippen molar-refractivity contribution in [3.8, 4) is 5.75 Å². The van der Waals surface area contributed by atoms with Crippen molar-refractivity contribution in [2.45, 2.75) is 0 Å². The summed E-state index contributed by atoms with van der Waals surface area (Å²) in [6.45, 7) is 0. The number of hydrogen-bond donors (Lipinski definition) is 0. The molecule has 4 heteroatoms. The van der Waals surface area contributed by atoms with Crippen molar-refractivity contribution in [3.05, 3.63) is 60.7 Å². The summed E-state index contributed by atoms with van der Waals surface area (Å²) in [4.78, 5) is 0. The molecule has 2 rings (SSSR count). The van der Waals surface area contributed by atoms with Crippen LogP contribution in [-0.2, 0) is 0 Å². The van der Waals surface area contributed by atoms with E-state index in [2.05, 4.69) is 21.8 Å². The molecule has 0 aliphatic heterocycles. The molecule has 0 bridgehead atoms. The van der Waals surface area contributed by atoms with Crippen LogP contribution in [0.5, 0.6) is 5.75 Å². The van der Waals surface area contributed by atoms with Gasteiger partial charge in [0.05, 0.1) is 0 Å². The third-order valence-electron chi connectivity index (χ3n) is 2.10. The normalized spacial score (nSPS) is 14.1. The van der Waals surface area contributed by atoms with Crippen LogP contribution in [0.15, 0.2) is 60.7 Å². The van der Waals surface area contributed by atoms with Crippen LogP contribution < -0.4 is 9.61 Å². The molecule has 0 heterocycles. The second kappa shape index (κ2) is 5.20. The summed E-state index contributed by atoms with van der Waals surface area (Å²) in [5, 5.41) is -1.31. The van der Waals surface area contributed by atoms with Crippen molar-refractivity contribution < 1.29 is 4.43 Å². The molecule has 1 nitrogen and oxygen atoms in total. The molecule has 82 valence electrons. The highest BCUT2D eigenvalue weighted by atomic mass is 127. The van der Waals surface area contributed by atoms with Crippen LogP contribution >= 0.6 is 32.9 Å². The lowest BCUT2D eigenvalue weighted by Gasteiger charge is -2.19. The van der Waals surface area contributed by atoms with Crippen LogP contribution in [0.1, 0.15) is 0 Å². The van der Waals surface area contributed by atoms with E-state index < -0.39 is 5.12 Å². The van der Waals surface area contributed by atoms with Gasteiger partial charge in [0.2, 0.25) is 0 Å². The van der Waals surface area contributed by atoms with Crippen LogP contribution in [-0.4, -0.2) is 5.12 Å². The van der Waals surface area contributed by atoms with E-state index >= 15 is 0 Å². The number of rotatable bonds is 3. The Kier molecular flexibility index (Phi) is 3.89. The largest absolute Gasteiger partial charge is 0.519 e. The van der Waals surface area contributed by atoms with E-state index in [1.165, 1.54) is 0 Å². The van der Waals surface area contributed by atoms with Gasteiger partial charge in [-0.1, -0.05) is 48.5 Å². The standard InChI is InChI=1S/C12H10ClIOSi/c13-16(14,12-9-5-2-6-10-12)15-11-7-3-1-4-8-11/h1-10H. The first-order chi connectivity index (χ1) is 7.68. The van der Waals surface area contributed by atoms with E-state index in [4.69, 9.17) is 15.5 Å². The zero-order chi connectivity index (χ0) is 11.4. The van der Waals surface area contributed by atoms with Gasteiger partial charge in [0.25, 0.3) is 0 Å². The smallest absolute Gasteiger partial charge is 0.448 e. The molecule has 0 saturated heterocycles. The lowest BCUT2D eigenvalue weighted by molar-refractivity contribution is 0.595. The quantitative estimate of drug-likeness (QED) is 0.462. The molecular weight excluding hydrogens is 351 g/mol. The highest BCUT2D eigenvalue weighted by Gasteiger charge is 2.34. The second-order valence-corrected chi connectivity index (χ2v) is 13.2. The van der Waals surface area contributed by atoms with Crippen LogP contribution in [0.25, 0.3) is 0 Å². The van der Waals surface area contributed by atoms with Crippen LogP contribution in [0.3, 0.4) is 0 Å². The summed E-state index contributed by atoms with van der Waals surface area (Å²) in [7, 11) is 0. The Morgan fingerprint density at radius 3 is 1.94 bits per heavy atom. The van der Waals surface area contributed by atoms with Gasteiger partial charge in [-0.15, -0.1) is 11.1 Å². The Morgan fingerprint density at radius 2 is 1.38 bits per heavy atom. The van der Waals surface area contributed by atoms with Gasteiger partial charge in [-0.3, -0.25) is 0 Å². The molecule has 0 radical (unpaired) electrons. The fourth-order valence-corrected chi connectivity index (χ4v) is 4.94. The first-order valence-corrected chi connectivity index (χ1v) is 10.9. The molecule has 0 aliphatic carbocycles. The van der Waals surface area contributed by atoms with Gasteiger partial charge in [-0.2, -0.15) is 0 Å². The van der Waals surface area contributed by atoms with Crippen LogP contribution in [0.4, 0.5) is 0 Å². The maximum atomic E-state index is 6.50. The highest BCUT2D eigenvalue weighted by Crippen LogP contribution is 2.23. The average molecular weight is 361 g/mol. The van der Waals surface area contributed by atoms with Gasteiger partial charge in [-0.05, 0) is 33.9 Å². The molecule has 1 unspecified atom stereocenters. The lowest BCUT2D eigenvalue weighted by Crippen LogP contribution is -2.42. The number of hydrogen-bond acceptors (Lipinski definition) is 1. The van der Waals surface area contributed by atoms with E-state index in [-0.39, 0.29) is 0 Å². The minimum Gasteiger partial charge on any atom is -0.519 e. The third-order valence-corrected chi connectivity index (χ3v) is 7.01. The predicted molar refractivity (Wildman–Crippen MR) is 78.8 cm³/mol. The van der Waals surface area contributed by atoms with Crippen molar-refractivity contribution in [3.63, 3.8) is 0 Å². The van der Waals surface area contributed by atoms with E-state index in [9.17, 15) is 0 Å². The molecule has 0 fully saturated rings. The molecule has 0 N–H and O–H groups in total. The van der Waals surface area contributed by atoms with Gasteiger partial charge in [0.15, 0.2) is 0 Å². The Balaban J connectivity index is 2.21. The maximum Gasteiger partial charge on any atom is 0.448 e. The van der Waals surface area contributed by atoms with Crippen LogP contribution in [0, 0.1) is 0 Å². The maximum absolute atomic E-state index is 6.50. The summed E-state index contributed by atoms with van der Waals surface area (Å²) in [6, 6.07) is 19.6. The van der Waals surface area contributed by atoms with E-state index in [1.807, 2.05) is 60.7 Å². The molecule has 0 aromatic heterocycles. The molecule has 0 saturated carbocycles.